The second-order valence-electron chi connectivity index (χ2n) is 8.07. The van der Waals surface area contributed by atoms with Crippen LogP contribution in [0.5, 0.6) is 11.5 Å². The highest BCUT2D eigenvalue weighted by molar-refractivity contribution is 6.03. The van der Waals surface area contributed by atoms with Crippen LogP contribution in [0.15, 0.2) is 41.5 Å². The van der Waals surface area contributed by atoms with Crippen molar-refractivity contribution >= 4 is 5.78 Å². The van der Waals surface area contributed by atoms with Crippen molar-refractivity contribution in [1.82, 2.24) is 4.90 Å². The van der Waals surface area contributed by atoms with Crippen molar-refractivity contribution in [3.8, 4) is 11.5 Å². The van der Waals surface area contributed by atoms with E-state index in [0.29, 0.717) is 30.3 Å². The summed E-state index contributed by atoms with van der Waals surface area (Å²) in [5.74, 6) is 1.13. The van der Waals surface area contributed by atoms with Gasteiger partial charge in [0, 0.05) is 12.1 Å². The second-order valence-corrected chi connectivity index (χ2v) is 8.07. The summed E-state index contributed by atoms with van der Waals surface area (Å²) in [5, 5.41) is 0. The molecule has 1 heterocycles. The fraction of sp³-hybridized carbons (Fsp3) is 0.542. The summed E-state index contributed by atoms with van der Waals surface area (Å²) in [6, 6.07) is 4.93. The molecule has 0 aromatic heterocycles. The quantitative estimate of drug-likeness (QED) is 0.467. The van der Waals surface area contributed by atoms with Gasteiger partial charge < -0.3 is 15.2 Å². The van der Waals surface area contributed by atoms with Crippen LogP contribution >= 0.6 is 0 Å². The maximum Gasteiger partial charge on any atom is 0.184 e. The van der Waals surface area contributed by atoms with E-state index in [-0.39, 0.29) is 11.8 Å². The number of carbonyl (C=O) groups is 1. The molecule has 1 saturated heterocycles. The van der Waals surface area contributed by atoms with E-state index in [9.17, 15) is 4.79 Å². The first-order valence-electron chi connectivity index (χ1n) is 10.5. The number of likely N-dealkylation sites (N-methyl/N-ethyl adjacent to an activating group) is 1. The third-order valence-corrected chi connectivity index (χ3v) is 5.23. The van der Waals surface area contributed by atoms with E-state index in [0.717, 1.165) is 31.5 Å². The smallest absolute Gasteiger partial charge is 0.184 e. The number of hydrogen-bond acceptors (Lipinski definition) is 5. The van der Waals surface area contributed by atoms with Crippen molar-refractivity contribution in [1.29, 1.82) is 0 Å². The maximum absolute atomic E-state index is 13.2. The van der Waals surface area contributed by atoms with Gasteiger partial charge in [-0.25, -0.2) is 0 Å². The van der Waals surface area contributed by atoms with Crippen LogP contribution in [-0.4, -0.2) is 49.1 Å². The van der Waals surface area contributed by atoms with Gasteiger partial charge in [-0.1, -0.05) is 18.1 Å². The normalized spacial score (nSPS) is 17.5. The molecule has 1 aromatic carbocycles. The molecule has 1 aliphatic heterocycles. The minimum atomic E-state index is -0.555. The SMILES string of the molecule is CCN1CCCC1C(N)C(=O)c1ccc(OCC=C(C)C)cc1OCC=C(C)C. The molecule has 2 N–H and O–H groups in total. The lowest BCUT2D eigenvalue weighted by atomic mass is 9.96. The number of allylic oxidation sites excluding steroid dienone is 2. The zero-order valence-electron chi connectivity index (χ0n) is 18.5. The molecule has 5 nitrogen and oxygen atoms in total. The maximum atomic E-state index is 13.2. The number of carbonyl (C=O) groups excluding carboxylic acids is 1. The Labute approximate surface area is 175 Å². The third-order valence-electron chi connectivity index (χ3n) is 5.23. The Kier molecular flexibility index (Phi) is 8.93. The van der Waals surface area contributed by atoms with Gasteiger partial charge in [0.05, 0.1) is 11.6 Å². The van der Waals surface area contributed by atoms with Crippen molar-refractivity contribution in [3.05, 3.63) is 47.1 Å². The van der Waals surface area contributed by atoms with Crippen LogP contribution in [0.25, 0.3) is 0 Å². The zero-order valence-corrected chi connectivity index (χ0v) is 18.5. The summed E-state index contributed by atoms with van der Waals surface area (Å²) in [5.41, 5.74) is 9.30. The monoisotopic (exact) mass is 400 g/mol. The predicted molar refractivity (Wildman–Crippen MR) is 119 cm³/mol. The van der Waals surface area contributed by atoms with Crippen LogP contribution in [0.4, 0.5) is 0 Å². The predicted octanol–water partition coefficient (Wildman–Crippen LogP) is 4.37. The third kappa shape index (κ3) is 6.72. The van der Waals surface area contributed by atoms with Gasteiger partial charge in [0.2, 0.25) is 0 Å². The summed E-state index contributed by atoms with van der Waals surface area (Å²) in [7, 11) is 0. The second kappa shape index (κ2) is 11.2. The van der Waals surface area contributed by atoms with Crippen molar-refractivity contribution in [2.75, 3.05) is 26.3 Å². The van der Waals surface area contributed by atoms with Crippen molar-refractivity contribution < 1.29 is 14.3 Å². The van der Waals surface area contributed by atoms with Crippen LogP contribution < -0.4 is 15.2 Å². The lowest BCUT2D eigenvalue weighted by Crippen LogP contribution is -2.48. The largest absolute Gasteiger partial charge is 0.489 e. The summed E-state index contributed by atoms with van der Waals surface area (Å²) >= 11 is 0. The average molecular weight is 401 g/mol. The van der Waals surface area contributed by atoms with Gasteiger partial charge in [0.1, 0.15) is 24.7 Å². The van der Waals surface area contributed by atoms with Crippen molar-refractivity contribution in [2.24, 2.45) is 5.73 Å². The Hall–Kier alpha value is -2.11. The van der Waals surface area contributed by atoms with Gasteiger partial charge in [0.15, 0.2) is 5.78 Å². The fourth-order valence-corrected chi connectivity index (χ4v) is 3.52. The first-order valence-corrected chi connectivity index (χ1v) is 10.5. The van der Waals surface area contributed by atoms with Crippen LogP contribution in [0.3, 0.4) is 0 Å². The first kappa shape index (κ1) is 23.2. The van der Waals surface area contributed by atoms with Gasteiger partial charge in [-0.05, 0) is 77.9 Å². The molecular formula is C24H36N2O3. The molecule has 0 aliphatic carbocycles. The van der Waals surface area contributed by atoms with Gasteiger partial charge in [-0.2, -0.15) is 0 Å². The van der Waals surface area contributed by atoms with Crippen LogP contribution in [0.2, 0.25) is 0 Å². The Bertz CT molecular complexity index is 746. The molecule has 5 heteroatoms. The number of nitrogens with zero attached hydrogens (tertiary/aromatic N) is 1. The highest BCUT2D eigenvalue weighted by Crippen LogP contribution is 2.29. The number of hydrogen-bond donors (Lipinski definition) is 1. The highest BCUT2D eigenvalue weighted by atomic mass is 16.5. The molecule has 0 spiro atoms. The van der Waals surface area contributed by atoms with Crippen LogP contribution in [0, 0.1) is 0 Å². The molecule has 1 fully saturated rings. The molecule has 0 saturated carbocycles. The first-order chi connectivity index (χ1) is 13.8. The number of rotatable bonds is 10. The van der Waals surface area contributed by atoms with E-state index in [4.69, 9.17) is 15.2 Å². The van der Waals surface area contributed by atoms with Crippen LogP contribution in [-0.2, 0) is 0 Å². The fourth-order valence-electron chi connectivity index (χ4n) is 3.52. The molecule has 0 bridgehead atoms. The molecule has 2 rings (SSSR count). The molecule has 29 heavy (non-hydrogen) atoms. The van der Waals surface area contributed by atoms with Crippen LogP contribution in [0.1, 0.15) is 57.8 Å². The lowest BCUT2D eigenvalue weighted by Gasteiger charge is -2.27. The van der Waals surface area contributed by atoms with Gasteiger partial charge in [0.25, 0.3) is 0 Å². The number of ether oxygens (including phenoxy) is 2. The van der Waals surface area contributed by atoms with E-state index >= 15 is 0 Å². The Balaban J connectivity index is 2.24. The Morgan fingerprint density at radius 1 is 1.17 bits per heavy atom. The minimum Gasteiger partial charge on any atom is -0.489 e. The summed E-state index contributed by atoms with van der Waals surface area (Å²) in [6.07, 6.45) is 6.04. The Morgan fingerprint density at radius 3 is 2.45 bits per heavy atom. The number of ketones is 1. The molecule has 0 amide bonds. The van der Waals surface area contributed by atoms with E-state index in [1.165, 1.54) is 5.57 Å². The molecule has 1 aliphatic rings. The lowest BCUT2D eigenvalue weighted by molar-refractivity contribution is 0.0904. The number of benzene rings is 1. The minimum absolute atomic E-state index is 0.0709. The topological polar surface area (TPSA) is 64.8 Å². The molecule has 1 aromatic rings. The van der Waals surface area contributed by atoms with E-state index in [2.05, 4.69) is 11.8 Å². The van der Waals surface area contributed by atoms with E-state index < -0.39 is 6.04 Å². The Morgan fingerprint density at radius 2 is 1.83 bits per heavy atom. The highest BCUT2D eigenvalue weighted by Gasteiger charge is 2.34. The summed E-state index contributed by atoms with van der Waals surface area (Å²) < 4.78 is 11.7. The average Bonchev–Trinajstić information content (AvgIpc) is 3.15. The van der Waals surface area contributed by atoms with Crippen molar-refractivity contribution in [2.45, 2.75) is 59.5 Å². The standard InChI is InChI=1S/C24H36N2O3/c1-6-26-13-7-8-21(26)23(25)24(27)20-10-9-19(28-14-11-17(2)3)16-22(20)29-15-12-18(4)5/h9-12,16,21,23H,6-8,13-15,25H2,1-5H3. The van der Waals surface area contributed by atoms with Crippen molar-refractivity contribution in [3.63, 3.8) is 0 Å². The number of Topliss-reactive ketones (excluding diaryl/α,β-unsaturated/α-hetero) is 1. The summed E-state index contributed by atoms with van der Waals surface area (Å²) in [4.78, 5) is 15.5. The van der Waals surface area contributed by atoms with E-state index in [1.807, 2.05) is 45.9 Å². The summed E-state index contributed by atoms with van der Waals surface area (Å²) in [6.45, 7) is 13.0. The number of likely N-dealkylation sites (tertiary alicyclic amines) is 1. The molecule has 2 unspecified atom stereocenters. The molecular weight excluding hydrogens is 364 g/mol. The van der Waals surface area contributed by atoms with E-state index in [1.54, 1.807) is 12.1 Å². The van der Waals surface area contributed by atoms with Gasteiger partial charge >= 0.3 is 0 Å². The molecule has 0 radical (unpaired) electrons. The zero-order chi connectivity index (χ0) is 21.4. The van der Waals surface area contributed by atoms with Gasteiger partial charge in [-0.15, -0.1) is 0 Å². The molecule has 2 atom stereocenters. The van der Waals surface area contributed by atoms with Gasteiger partial charge in [-0.3, -0.25) is 9.69 Å². The molecule has 160 valence electrons. The number of nitrogens with two attached hydrogens (primary N) is 1.